The lowest BCUT2D eigenvalue weighted by Crippen LogP contribution is -2.40. The van der Waals surface area contributed by atoms with E-state index in [9.17, 15) is 5.11 Å². The van der Waals surface area contributed by atoms with E-state index in [1.807, 2.05) is 0 Å². The van der Waals surface area contributed by atoms with E-state index >= 15 is 0 Å². The molecule has 5 rings (SSSR count). The molecule has 190 valence electrons. The molecule has 2 atom stereocenters. The van der Waals surface area contributed by atoms with Crippen molar-refractivity contribution in [2.24, 2.45) is 5.41 Å². The summed E-state index contributed by atoms with van der Waals surface area (Å²) in [6.45, 7) is 10.8. The third-order valence-corrected chi connectivity index (χ3v) is 8.20. The van der Waals surface area contributed by atoms with E-state index in [0.29, 0.717) is 11.8 Å². The highest BCUT2D eigenvalue weighted by molar-refractivity contribution is 5.53. The van der Waals surface area contributed by atoms with Crippen molar-refractivity contribution in [1.82, 2.24) is 0 Å². The number of rotatable bonds is 5. The van der Waals surface area contributed by atoms with Gasteiger partial charge in [0.05, 0.1) is 0 Å². The van der Waals surface area contributed by atoms with Crippen LogP contribution in [0, 0.1) is 5.41 Å². The Kier molecular flexibility index (Phi) is 6.87. The summed E-state index contributed by atoms with van der Waals surface area (Å²) in [6.07, 6.45) is 4.28. The van der Waals surface area contributed by atoms with Gasteiger partial charge in [0.2, 0.25) is 0 Å². The van der Waals surface area contributed by atoms with Crippen LogP contribution in [0.2, 0.25) is 0 Å². The second-order valence-electron chi connectivity index (χ2n) is 12.2. The minimum absolute atomic E-state index is 0.0701. The molecule has 3 aromatic carbocycles. The molecule has 1 fully saturated rings. The maximum Gasteiger partial charge on any atom is 0.120 e. The van der Waals surface area contributed by atoms with Gasteiger partial charge >= 0.3 is 0 Å². The average Bonchev–Trinajstić information content (AvgIpc) is 2.88. The molecule has 36 heavy (non-hydrogen) atoms. The van der Waals surface area contributed by atoms with Crippen LogP contribution >= 0.6 is 0 Å². The fourth-order valence-corrected chi connectivity index (χ4v) is 6.04. The summed E-state index contributed by atoms with van der Waals surface area (Å²) < 4.78 is 6.20. The van der Waals surface area contributed by atoms with Crippen molar-refractivity contribution in [1.29, 1.82) is 0 Å². The molecule has 3 aromatic rings. The Morgan fingerprint density at radius 2 is 1.61 bits per heavy atom. The number of aliphatic hydroxyl groups excluding tert-OH is 1. The smallest absolute Gasteiger partial charge is 0.120 e. The third kappa shape index (κ3) is 5.32. The topological polar surface area (TPSA) is 32.7 Å². The lowest BCUT2D eigenvalue weighted by atomic mass is 9.69. The maximum atomic E-state index is 9.73. The molecule has 1 aliphatic carbocycles. The van der Waals surface area contributed by atoms with Crippen LogP contribution in [-0.2, 0) is 6.42 Å². The average molecular weight is 484 g/mol. The zero-order valence-electron chi connectivity index (χ0n) is 22.3. The summed E-state index contributed by atoms with van der Waals surface area (Å²) in [7, 11) is 0. The summed E-state index contributed by atoms with van der Waals surface area (Å²) in [5.74, 6) is 1.75. The molecular formula is C33H41NO2. The van der Waals surface area contributed by atoms with E-state index < -0.39 is 0 Å². The highest BCUT2D eigenvalue weighted by atomic mass is 16.5. The predicted molar refractivity (Wildman–Crippen MR) is 149 cm³/mol. The summed E-state index contributed by atoms with van der Waals surface area (Å²) in [6, 6.07) is 27.1. The Morgan fingerprint density at radius 1 is 0.917 bits per heavy atom. The molecule has 3 heteroatoms. The number of hydrogen-bond donors (Lipinski definition) is 1. The number of hydrogen-bond acceptors (Lipinski definition) is 3. The number of aliphatic hydroxyl groups is 1. The Morgan fingerprint density at radius 3 is 2.25 bits per heavy atom. The van der Waals surface area contributed by atoms with Crippen LogP contribution in [0.3, 0.4) is 0 Å². The number of fused-ring (bicyclic) bond motifs is 1. The molecule has 2 unspecified atom stereocenters. The summed E-state index contributed by atoms with van der Waals surface area (Å²) in [5.41, 5.74) is 6.81. The zero-order chi connectivity index (χ0) is 25.3. The van der Waals surface area contributed by atoms with E-state index in [2.05, 4.69) is 105 Å². The molecular weight excluding hydrogens is 442 g/mol. The van der Waals surface area contributed by atoms with E-state index in [4.69, 9.17) is 4.74 Å². The summed E-state index contributed by atoms with van der Waals surface area (Å²) in [5, 5.41) is 9.73. The summed E-state index contributed by atoms with van der Waals surface area (Å²) in [4.78, 5) is 2.47. The Hall–Kier alpha value is -2.78. The van der Waals surface area contributed by atoms with Gasteiger partial charge in [0.15, 0.2) is 0 Å². The largest absolute Gasteiger partial charge is 0.488 e. The fourth-order valence-electron chi connectivity index (χ4n) is 6.04. The van der Waals surface area contributed by atoms with Crippen molar-refractivity contribution >= 4 is 5.69 Å². The first-order valence-corrected chi connectivity index (χ1v) is 13.6. The van der Waals surface area contributed by atoms with Gasteiger partial charge in [-0.1, -0.05) is 55.5 Å². The molecule has 0 saturated carbocycles. The number of nitrogens with zero attached hydrogens (tertiary/aromatic N) is 1. The monoisotopic (exact) mass is 483 g/mol. The molecule has 1 aliphatic heterocycles. The molecule has 0 bridgehead atoms. The van der Waals surface area contributed by atoms with Crippen molar-refractivity contribution in [3.8, 4) is 5.75 Å². The minimum Gasteiger partial charge on any atom is -0.488 e. The molecule has 0 spiro atoms. The second kappa shape index (κ2) is 9.94. The third-order valence-electron chi connectivity index (χ3n) is 8.20. The SMILES string of the molecule is CC1(CO)CCN(c2ccc(C3c4ccc(OC(C)(C)C)cc4CCC3c3ccccc3)cc2)CC1. The van der Waals surface area contributed by atoms with Gasteiger partial charge in [0, 0.05) is 31.3 Å². The molecule has 1 N–H and O–H groups in total. The van der Waals surface area contributed by atoms with Crippen molar-refractivity contribution in [2.75, 3.05) is 24.6 Å². The van der Waals surface area contributed by atoms with Crippen molar-refractivity contribution in [2.45, 2.75) is 70.8 Å². The van der Waals surface area contributed by atoms with Crippen molar-refractivity contribution < 1.29 is 9.84 Å². The zero-order valence-corrected chi connectivity index (χ0v) is 22.3. The standard InChI is InChI=1S/C33H41NO2/c1-32(2,3)36-28-15-17-30-26(22-28)12-16-29(24-8-6-5-7-9-24)31(30)25-10-13-27(14-11-25)34-20-18-33(4,23-35)19-21-34/h5-11,13-15,17,22,29,31,35H,12,16,18-21,23H2,1-4H3. The first-order chi connectivity index (χ1) is 17.2. The molecule has 2 aliphatic rings. The first-order valence-electron chi connectivity index (χ1n) is 13.6. The van der Waals surface area contributed by atoms with Gasteiger partial charge in [0.1, 0.15) is 11.4 Å². The number of aryl methyl sites for hydroxylation is 1. The van der Waals surface area contributed by atoms with E-state index in [1.165, 1.54) is 27.9 Å². The molecule has 0 aromatic heterocycles. The quantitative estimate of drug-likeness (QED) is 0.412. The van der Waals surface area contributed by atoms with Gasteiger partial charge in [-0.2, -0.15) is 0 Å². The normalized spacial score (nSPS) is 21.6. The second-order valence-corrected chi connectivity index (χ2v) is 12.2. The van der Waals surface area contributed by atoms with Gasteiger partial charge in [-0.3, -0.25) is 0 Å². The van der Waals surface area contributed by atoms with Crippen LogP contribution in [0.4, 0.5) is 5.69 Å². The van der Waals surface area contributed by atoms with Crippen molar-refractivity contribution in [3.63, 3.8) is 0 Å². The molecule has 0 amide bonds. The van der Waals surface area contributed by atoms with Crippen LogP contribution in [0.15, 0.2) is 72.8 Å². The fraction of sp³-hybridized carbons (Fsp3) is 0.455. The van der Waals surface area contributed by atoms with Gasteiger partial charge in [-0.05, 0) is 104 Å². The van der Waals surface area contributed by atoms with E-state index in [-0.39, 0.29) is 17.6 Å². The number of anilines is 1. The van der Waals surface area contributed by atoms with Gasteiger partial charge < -0.3 is 14.7 Å². The number of ether oxygens (including phenoxy) is 1. The van der Waals surface area contributed by atoms with Gasteiger partial charge in [-0.15, -0.1) is 0 Å². The van der Waals surface area contributed by atoms with Crippen LogP contribution in [-0.4, -0.2) is 30.4 Å². The molecule has 1 heterocycles. The van der Waals surface area contributed by atoms with Crippen LogP contribution in [0.1, 0.15) is 81.0 Å². The van der Waals surface area contributed by atoms with E-state index in [1.54, 1.807) is 0 Å². The van der Waals surface area contributed by atoms with Crippen LogP contribution < -0.4 is 9.64 Å². The van der Waals surface area contributed by atoms with Gasteiger partial charge in [-0.25, -0.2) is 0 Å². The van der Waals surface area contributed by atoms with Crippen LogP contribution in [0.5, 0.6) is 5.75 Å². The highest BCUT2D eigenvalue weighted by Gasteiger charge is 2.33. The van der Waals surface area contributed by atoms with Gasteiger partial charge in [0.25, 0.3) is 0 Å². The Labute approximate surface area is 217 Å². The lowest BCUT2D eigenvalue weighted by Gasteiger charge is -2.39. The predicted octanol–water partition coefficient (Wildman–Crippen LogP) is 7.32. The molecule has 3 nitrogen and oxygen atoms in total. The molecule has 1 saturated heterocycles. The molecule has 0 radical (unpaired) electrons. The Bertz CT molecular complexity index is 1150. The highest BCUT2D eigenvalue weighted by Crippen LogP contribution is 2.47. The maximum absolute atomic E-state index is 9.73. The van der Waals surface area contributed by atoms with Crippen LogP contribution in [0.25, 0.3) is 0 Å². The minimum atomic E-state index is -0.201. The number of benzene rings is 3. The number of piperidine rings is 1. The Balaban J connectivity index is 1.46. The van der Waals surface area contributed by atoms with Crippen molar-refractivity contribution in [3.05, 3.63) is 95.1 Å². The first kappa shape index (κ1) is 24.9. The van der Waals surface area contributed by atoms with E-state index in [0.717, 1.165) is 44.5 Å². The summed E-state index contributed by atoms with van der Waals surface area (Å²) >= 11 is 0. The lowest BCUT2D eigenvalue weighted by molar-refractivity contribution is 0.115.